The first-order valence-electron chi connectivity index (χ1n) is 5.71. The molecule has 0 aromatic heterocycles. The van der Waals surface area contributed by atoms with Gasteiger partial charge in [0.1, 0.15) is 18.2 Å². The number of alkyl halides is 3. The van der Waals surface area contributed by atoms with Gasteiger partial charge in [-0.25, -0.2) is 4.39 Å². The van der Waals surface area contributed by atoms with Gasteiger partial charge in [0.15, 0.2) is 0 Å². The molecular formula is C15H14F4O. The van der Waals surface area contributed by atoms with Gasteiger partial charge in [0.25, 0.3) is 0 Å². The first-order chi connectivity index (χ1) is 9.21. The summed E-state index contributed by atoms with van der Waals surface area (Å²) in [4.78, 5) is 0. The van der Waals surface area contributed by atoms with Crippen LogP contribution in [0.5, 0.6) is 0 Å². The molecule has 0 bridgehead atoms. The highest BCUT2D eigenvalue weighted by atomic mass is 19.4. The van der Waals surface area contributed by atoms with Crippen molar-refractivity contribution in [1.29, 1.82) is 0 Å². The third-order valence-electron chi connectivity index (χ3n) is 2.41. The molecule has 0 aliphatic rings. The molecule has 0 saturated carbocycles. The lowest BCUT2D eigenvalue weighted by atomic mass is 10.1. The van der Waals surface area contributed by atoms with Crippen LogP contribution in [0.3, 0.4) is 0 Å². The Balaban J connectivity index is 2.95. The van der Waals surface area contributed by atoms with Crippen molar-refractivity contribution in [2.45, 2.75) is 19.7 Å². The van der Waals surface area contributed by atoms with Gasteiger partial charge in [-0.05, 0) is 18.6 Å². The SMILES string of the molecule is C=C(F)/C=C(/OCc1ccccc1C(F)(F)F)C(=C)C. The monoisotopic (exact) mass is 286 g/mol. The van der Waals surface area contributed by atoms with E-state index in [9.17, 15) is 17.6 Å². The fourth-order valence-electron chi connectivity index (χ4n) is 1.51. The van der Waals surface area contributed by atoms with Gasteiger partial charge in [-0.3, -0.25) is 0 Å². The maximum absolute atomic E-state index is 12.8. The smallest absolute Gasteiger partial charge is 0.416 e. The van der Waals surface area contributed by atoms with E-state index in [1.807, 2.05) is 0 Å². The second kappa shape index (κ2) is 6.41. The molecule has 0 aliphatic heterocycles. The van der Waals surface area contributed by atoms with E-state index in [1.165, 1.54) is 18.2 Å². The van der Waals surface area contributed by atoms with Crippen LogP contribution in [0.4, 0.5) is 17.6 Å². The number of ether oxygens (including phenoxy) is 1. The highest BCUT2D eigenvalue weighted by Gasteiger charge is 2.32. The molecule has 0 N–H and O–H groups in total. The Hall–Kier alpha value is -2.04. The molecule has 0 fully saturated rings. The molecule has 0 atom stereocenters. The van der Waals surface area contributed by atoms with Crippen LogP contribution in [-0.2, 0) is 17.5 Å². The van der Waals surface area contributed by atoms with Crippen molar-refractivity contribution >= 4 is 0 Å². The molecule has 0 amide bonds. The molecule has 1 nitrogen and oxygen atoms in total. The Morgan fingerprint density at radius 1 is 1.25 bits per heavy atom. The topological polar surface area (TPSA) is 9.23 Å². The zero-order chi connectivity index (χ0) is 15.3. The van der Waals surface area contributed by atoms with Gasteiger partial charge in [0.2, 0.25) is 0 Å². The quantitative estimate of drug-likeness (QED) is 0.412. The lowest BCUT2D eigenvalue weighted by Crippen LogP contribution is -2.10. The Bertz CT molecular complexity index is 541. The third-order valence-corrected chi connectivity index (χ3v) is 2.41. The molecule has 0 spiro atoms. The lowest BCUT2D eigenvalue weighted by Gasteiger charge is -2.15. The summed E-state index contributed by atoms with van der Waals surface area (Å²) in [6.07, 6.45) is -3.48. The van der Waals surface area contributed by atoms with Crippen LogP contribution in [-0.4, -0.2) is 0 Å². The second-order valence-electron chi connectivity index (χ2n) is 4.18. The average molecular weight is 286 g/mol. The van der Waals surface area contributed by atoms with Gasteiger partial charge >= 0.3 is 6.18 Å². The van der Waals surface area contributed by atoms with Gasteiger partial charge in [-0.1, -0.05) is 31.4 Å². The van der Waals surface area contributed by atoms with E-state index in [1.54, 1.807) is 6.92 Å². The van der Waals surface area contributed by atoms with E-state index in [-0.39, 0.29) is 17.9 Å². The average Bonchev–Trinajstić information content (AvgIpc) is 2.33. The molecule has 0 saturated heterocycles. The molecule has 0 radical (unpaired) electrons. The van der Waals surface area contributed by atoms with E-state index in [2.05, 4.69) is 13.2 Å². The number of hydrogen-bond acceptors (Lipinski definition) is 1. The summed E-state index contributed by atoms with van der Waals surface area (Å²) in [7, 11) is 0. The minimum Gasteiger partial charge on any atom is -0.489 e. The van der Waals surface area contributed by atoms with E-state index in [4.69, 9.17) is 4.74 Å². The third kappa shape index (κ3) is 4.57. The summed E-state index contributed by atoms with van der Waals surface area (Å²) < 4.78 is 56.3. The summed E-state index contributed by atoms with van der Waals surface area (Å²) in [5.74, 6) is -0.693. The van der Waals surface area contributed by atoms with Crippen LogP contribution in [0, 0.1) is 0 Å². The number of halogens is 4. The van der Waals surface area contributed by atoms with Gasteiger partial charge in [0, 0.05) is 11.6 Å². The van der Waals surface area contributed by atoms with Gasteiger partial charge in [0.05, 0.1) is 5.56 Å². The van der Waals surface area contributed by atoms with Crippen LogP contribution in [0.2, 0.25) is 0 Å². The molecule has 1 aromatic carbocycles. The minimum atomic E-state index is -4.46. The van der Waals surface area contributed by atoms with Crippen LogP contribution >= 0.6 is 0 Å². The molecule has 0 aliphatic carbocycles. The molecule has 20 heavy (non-hydrogen) atoms. The van der Waals surface area contributed by atoms with Crippen molar-refractivity contribution < 1.29 is 22.3 Å². The molecule has 5 heteroatoms. The van der Waals surface area contributed by atoms with Gasteiger partial charge < -0.3 is 4.74 Å². The standard InChI is InChI=1S/C15H14F4O/c1-10(2)14(8-11(3)16)20-9-12-6-4-5-7-13(12)15(17,18)19/h4-8H,1,3,9H2,2H3/b14-8+. The molecule has 1 rings (SSSR count). The van der Waals surface area contributed by atoms with Crippen molar-refractivity contribution in [3.63, 3.8) is 0 Å². The van der Waals surface area contributed by atoms with E-state index in [0.29, 0.717) is 5.57 Å². The van der Waals surface area contributed by atoms with Crippen molar-refractivity contribution in [2.75, 3.05) is 0 Å². The normalized spacial score (nSPS) is 12.2. The first-order valence-corrected chi connectivity index (χ1v) is 5.71. The Kier molecular flexibility index (Phi) is 5.13. The Morgan fingerprint density at radius 2 is 1.85 bits per heavy atom. The van der Waals surface area contributed by atoms with Crippen LogP contribution in [0.25, 0.3) is 0 Å². The van der Waals surface area contributed by atoms with Crippen molar-refractivity contribution in [3.05, 3.63) is 71.8 Å². The van der Waals surface area contributed by atoms with Crippen molar-refractivity contribution in [2.24, 2.45) is 0 Å². The maximum atomic E-state index is 12.8. The molecular weight excluding hydrogens is 272 g/mol. The van der Waals surface area contributed by atoms with Crippen LogP contribution in [0.1, 0.15) is 18.1 Å². The summed E-state index contributed by atoms with van der Waals surface area (Å²) in [6, 6.07) is 5.05. The summed E-state index contributed by atoms with van der Waals surface area (Å²) in [5, 5.41) is 0. The van der Waals surface area contributed by atoms with Crippen LogP contribution in [0.15, 0.2) is 60.7 Å². The number of benzene rings is 1. The van der Waals surface area contributed by atoms with E-state index < -0.39 is 17.6 Å². The minimum absolute atomic E-state index is 0.0309. The highest BCUT2D eigenvalue weighted by molar-refractivity contribution is 5.31. The maximum Gasteiger partial charge on any atom is 0.416 e. The van der Waals surface area contributed by atoms with Crippen molar-refractivity contribution in [3.8, 4) is 0 Å². The van der Waals surface area contributed by atoms with E-state index in [0.717, 1.165) is 12.1 Å². The summed E-state index contributed by atoms with van der Waals surface area (Å²) in [6.45, 7) is 7.84. The molecule has 108 valence electrons. The second-order valence-corrected chi connectivity index (χ2v) is 4.18. The molecule has 1 aromatic rings. The van der Waals surface area contributed by atoms with Crippen molar-refractivity contribution in [1.82, 2.24) is 0 Å². The highest BCUT2D eigenvalue weighted by Crippen LogP contribution is 2.32. The predicted octanol–water partition coefficient (Wildman–Crippen LogP) is 5.17. The summed E-state index contributed by atoms with van der Waals surface area (Å²) in [5.41, 5.74) is -0.412. The van der Waals surface area contributed by atoms with Crippen LogP contribution < -0.4 is 0 Å². The number of rotatable bonds is 5. The number of hydrogen-bond donors (Lipinski definition) is 0. The fraction of sp³-hybridized carbons (Fsp3) is 0.200. The fourth-order valence-corrected chi connectivity index (χ4v) is 1.51. The Labute approximate surface area is 114 Å². The predicted molar refractivity (Wildman–Crippen MR) is 69.4 cm³/mol. The molecule has 0 heterocycles. The largest absolute Gasteiger partial charge is 0.489 e. The molecule has 0 unspecified atom stereocenters. The number of allylic oxidation sites excluding steroid dienone is 3. The van der Waals surface area contributed by atoms with Gasteiger partial charge in [-0.15, -0.1) is 0 Å². The lowest BCUT2D eigenvalue weighted by molar-refractivity contribution is -0.138. The van der Waals surface area contributed by atoms with E-state index >= 15 is 0 Å². The zero-order valence-electron chi connectivity index (χ0n) is 10.9. The van der Waals surface area contributed by atoms with Gasteiger partial charge in [-0.2, -0.15) is 13.2 Å². The first kappa shape index (κ1) is 16.0. The zero-order valence-corrected chi connectivity index (χ0v) is 10.9. The summed E-state index contributed by atoms with van der Waals surface area (Å²) >= 11 is 0. The Morgan fingerprint density at radius 3 is 2.35 bits per heavy atom.